The summed E-state index contributed by atoms with van der Waals surface area (Å²) in [5.74, 6) is 0.290. The van der Waals surface area contributed by atoms with Crippen LogP contribution in [0.2, 0.25) is 0 Å². The lowest BCUT2D eigenvalue weighted by Gasteiger charge is -2.24. The molecule has 0 aromatic carbocycles. The van der Waals surface area contributed by atoms with Crippen LogP contribution in [0.25, 0.3) is 0 Å². The minimum atomic E-state index is 0.00144. The van der Waals surface area contributed by atoms with Crippen LogP contribution in [0.4, 0.5) is 0 Å². The largest absolute Gasteiger partial charge is 0.330 e. The van der Waals surface area contributed by atoms with E-state index in [0.717, 1.165) is 12.8 Å². The second kappa shape index (κ2) is 6.37. The number of rotatable bonds is 6. The van der Waals surface area contributed by atoms with E-state index < -0.39 is 0 Å². The van der Waals surface area contributed by atoms with Crippen molar-refractivity contribution >= 4 is 0 Å². The molecule has 0 bridgehead atoms. The van der Waals surface area contributed by atoms with Crippen molar-refractivity contribution in [2.75, 3.05) is 13.1 Å². The molecular weight excluding hydrogens is 152 g/mol. The van der Waals surface area contributed by atoms with Crippen molar-refractivity contribution in [1.82, 2.24) is 0 Å². The van der Waals surface area contributed by atoms with Crippen LogP contribution in [0.3, 0.4) is 0 Å². The minimum absolute atomic E-state index is 0.00144. The topological polar surface area (TPSA) is 104 Å². The normalized spacial score (nSPS) is 18.8. The Hall–Kier alpha value is -0.160. The monoisotopic (exact) mass is 174 g/mol. The summed E-state index contributed by atoms with van der Waals surface area (Å²) in [4.78, 5) is 0. The third kappa shape index (κ3) is 4.01. The SMILES string of the molecule is CC(CN)C(N)C(N)CCCN. The van der Waals surface area contributed by atoms with Gasteiger partial charge in [-0.05, 0) is 31.8 Å². The van der Waals surface area contributed by atoms with Gasteiger partial charge in [-0.1, -0.05) is 6.92 Å². The molecule has 4 heteroatoms. The fourth-order valence-corrected chi connectivity index (χ4v) is 1.13. The van der Waals surface area contributed by atoms with Gasteiger partial charge in [0.1, 0.15) is 0 Å². The Bertz CT molecular complexity index is 107. The fourth-order valence-electron chi connectivity index (χ4n) is 1.13. The molecule has 0 rings (SSSR count). The average molecular weight is 174 g/mol. The van der Waals surface area contributed by atoms with Gasteiger partial charge in [0.05, 0.1) is 0 Å². The predicted molar refractivity (Wildman–Crippen MR) is 52.5 cm³/mol. The molecule has 0 amide bonds. The van der Waals surface area contributed by atoms with Gasteiger partial charge in [0.2, 0.25) is 0 Å². The first-order valence-electron chi connectivity index (χ1n) is 4.54. The first-order valence-corrected chi connectivity index (χ1v) is 4.54. The Kier molecular flexibility index (Phi) is 6.28. The molecule has 0 aliphatic rings. The standard InChI is InChI=1S/C8H22N4/c1-6(5-10)8(12)7(11)3-2-4-9/h6-8H,2-5,9-12H2,1H3. The zero-order chi connectivity index (χ0) is 9.56. The molecule has 0 spiro atoms. The second-order valence-corrected chi connectivity index (χ2v) is 3.39. The van der Waals surface area contributed by atoms with Gasteiger partial charge in [-0.3, -0.25) is 0 Å². The Morgan fingerprint density at radius 1 is 1.17 bits per heavy atom. The second-order valence-electron chi connectivity index (χ2n) is 3.39. The minimum Gasteiger partial charge on any atom is -0.330 e. The van der Waals surface area contributed by atoms with E-state index in [4.69, 9.17) is 22.9 Å². The molecule has 3 atom stereocenters. The summed E-state index contributed by atoms with van der Waals surface area (Å²) in [5, 5.41) is 0. The molecule has 0 aliphatic carbocycles. The summed E-state index contributed by atoms with van der Waals surface area (Å²) >= 11 is 0. The van der Waals surface area contributed by atoms with Crippen molar-refractivity contribution in [3.8, 4) is 0 Å². The van der Waals surface area contributed by atoms with Crippen LogP contribution in [-0.2, 0) is 0 Å². The van der Waals surface area contributed by atoms with E-state index >= 15 is 0 Å². The molecule has 0 radical (unpaired) electrons. The van der Waals surface area contributed by atoms with Crippen LogP contribution in [0.5, 0.6) is 0 Å². The lowest BCUT2D eigenvalue weighted by molar-refractivity contribution is 0.378. The van der Waals surface area contributed by atoms with Gasteiger partial charge < -0.3 is 22.9 Å². The lowest BCUT2D eigenvalue weighted by Crippen LogP contribution is -2.47. The smallest absolute Gasteiger partial charge is 0.0230 e. The molecule has 0 saturated carbocycles. The summed E-state index contributed by atoms with van der Waals surface area (Å²) in [6, 6.07) is 0.0358. The summed E-state index contributed by atoms with van der Waals surface area (Å²) in [6.07, 6.45) is 1.83. The van der Waals surface area contributed by atoms with Crippen LogP contribution < -0.4 is 22.9 Å². The maximum Gasteiger partial charge on any atom is 0.0230 e. The molecule has 12 heavy (non-hydrogen) atoms. The van der Waals surface area contributed by atoms with Crippen molar-refractivity contribution in [2.24, 2.45) is 28.9 Å². The fraction of sp³-hybridized carbons (Fsp3) is 1.00. The van der Waals surface area contributed by atoms with E-state index in [-0.39, 0.29) is 18.0 Å². The van der Waals surface area contributed by atoms with Gasteiger partial charge in [0, 0.05) is 12.1 Å². The van der Waals surface area contributed by atoms with Crippen molar-refractivity contribution in [3.63, 3.8) is 0 Å². The maximum absolute atomic E-state index is 5.87. The quantitative estimate of drug-likeness (QED) is 0.413. The van der Waals surface area contributed by atoms with E-state index in [9.17, 15) is 0 Å². The highest BCUT2D eigenvalue weighted by Crippen LogP contribution is 2.05. The van der Waals surface area contributed by atoms with Gasteiger partial charge in [0.15, 0.2) is 0 Å². The zero-order valence-corrected chi connectivity index (χ0v) is 7.87. The number of nitrogens with two attached hydrogens (primary N) is 4. The molecule has 0 aromatic heterocycles. The summed E-state index contributed by atoms with van der Waals surface area (Å²) < 4.78 is 0. The first-order chi connectivity index (χ1) is 5.63. The summed E-state index contributed by atoms with van der Waals surface area (Å²) in [7, 11) is 0. The first kappa shape index (κ1) is 11.8. The molecule has 0 aromatic rings. The number of hydrogen-bond donors (Lipinski definition) is 4. The van der Waals surface area contributed by atoms with Crippen LogP contribution in [0.15, 0.2) is 0 Å². The average Bonchev–Trinajstić information content (AvgIpc) is 2.11. The van der Waals surface area contributed by atoms with E-state index in [1.807, 2.05) is 6.92 Å². The van der Waals surface area contributed by atoms with Gasteiger partial charge in [-0.25, -0.2) is 0 Å². The van der Waals surface area contributed by atoms with Crippen molar-refractivity contribution in [3.05, 3.63) is 0 Å². The highest BCUT2D eigenvalue weighted by molar-refractivity contribution is 4.80. The highest BCUT2D eigenvalue weighted by atomic mass is 14.8. The van der Waals surface area contributed by atoms with Crippen molar-refractivity contribution in [2.45, 2.75) is 31.8 Å². The van der Waals surface area contributed by atoms with Crippen LogP contribution in [-0.4, -0.2) is 25.2 Å². The van der Waals surface area contributed by atoms with Crippen LogP contribution in [0, 0.1) is 5.92 Å². The molecule has 3 unspecified atom stereocenters. The molecule has 74 valence electrons. The number of hydrogen-bond acceptors (Lipinski definition) is 4. The van der Waals surface area contributed by atoms with Crippen LogP contribution in [0.1, 0.15) is 19.8 Å². The van der Waals surface area contributed by atoms with Crippen LogP contribution >= 0.6 is 0 Å². The predicted octanol–water partition coefficient (Wildman–Crippen LogP) is -1.03. The molecule has 0 heterocycles. The summed E-state index contributed by atoms with van der Waals surface area (Å²) in [5.41, 5.74) is 22.6. The van der Waals surface area contributed by atoms with Gasteiger partial charge in [-0.15, -0.1) is 0 Å². The molecule has 0 aliphatic heterocycles. The molecule has 0 saturated heterocycles. The molecular formula is C8H22N4. The van der Waals surface area contributed by atoms with E-state index in [1.165, 1.54) is 0 Å². The Balaban J connectivity index is 3.67. The molecule has 8 N–H and O–H groups in total. The van der Waals surface area contributed by atoms with E-state index in [0.29, 0.717) is 13.1 Å². The summed E-state index contributed by atoms with van der Waals surface area (Å²) in [6.45, 7) is 3.29. The van der Waals surface area contributed by atoms with E-state index in [1.54, 1.807) is 0 Å². The third-order valence-electron chi connectivity index (χ3n) is 2.26. The maximum atomic E-state index is 5.87. The Morgan fingerprint density at radius 2 is 1.75 bits per heavy atom. The van der Waals surface area contributed by atoms with Gasteiger partial charge in [-0.2, -0.15) is 0 Å². The van der Waals surface area contributed by atoms with E-state index in [2.05, 4.69) is 0 Å². The molecule has 0 fully saturated rings. The lowest BCUT2D eigenvalue weighted by atomic mass is 9.93. The van der Waals surface area contributed by atoms with Gasteiger partial charge >= 0.3 is 0 Å². The Morgan fingerprint density at radius 3 is 2.17 bits per heavy atom. The van der Waals surface area contributed by atoms with Crippen molar-refractivity contribution in [1.29, 1.82) is 0 Å². The van der Waals surface area contributed by atoms with Gasteiger partial charge in [0.25, 0.3) is 0 Å². The van der Waals surface area contributed by atoms with Crippen molar-refractivity contribution < 1.29 is 0 Å². The zero-order valence-electron chi connectivity index (χ0n) is 7.87. The third-order valence-corrected chi connectivity index (χ3v) is 2.26. The molecule has 4 nitrogen and oxygen atoms in total. The Labute approximate surface area is 74.7 Å². The highest BCUT2D eigenvalue weighted by Gasteiger charge is 2.17.